The molecule has 0 aliphatic heterocycles. The summed E-state index contributed by atoms with van der Waals surface area (Å²) in [5.41, 5.74) is 1.68. The van der Waals surface area contributed by atoms with Crippen LogP contribution >= 0.6 is 0 Å². The summed E-state index contributed by atoms with van der Waals surface area (Å²) < 4.78 is 0. The quantitative estimate of drug-likeness (QED) is 0.869. The molecular weight excluding hydrogens is 238 g/mol. The van der Waals surface area contributed by atoms with Crippen LogP contribution in [0, 0.1) is 5.92 Å². The molecule has 3 rings (SSSR count). The van der Waals surface area contributed by atoms with E-state index in [0.717, 1.165) is 17.3 Å². The number of carbonyl (C=O) groups excluding carboxylic acids is 1. The average Bonchev–Trinajstić information content (AvgIpc) is 2.88. The molecule has 1 fully saturated rings. The van der Waals surface area contributed by atoms with Crippen molar-refractivity contribution in [2.75, 3.05) is 0 Å². The van der Waals surface area contributed by atoms with Crippen molar-refractivity contribution in [3.8, 4) is 0 Å². The van der Waals surface area contributed by atoms with Gasteiger partial charge >= 0.3 is 0 Å². The van der Waals surface area contributed by atoms with Gasteiger partial charge in [0.15, 0.2) is 0 Å². The van der Waals surface area contributed by atoms with Crippen LogP contribution in [0.2, 0.25) is 0 Å². The van der Waals surface area contributed by atoms with Crippen molar-refractivity contribution in [2.45, 2.75) is 38.6 Å². The van der Waals surface area contributed by atoms with Gasteiger partial charge in [0, 0.05) is 17.0 Å². The highest BCUT2D eigenvalue weighted by Crippen LogP contribution is 2.24. The Morgan fingerprint density at radius 1 is 1.37 bits per heavy atom. The summed E-state index contributed by atoms with van der Waals surface area (Å²) in [6.07, 6.45) is 6.56. The molecule has 19 heavy (non-hydrogen) atoms. The SMILES string of the molecule is C[C@@H]1CCCC[C@H]1NC(=O)c1ccc2[nH]ncc2c1. The Morgan fingerprint density at radius 3 is 3.05 bits per heavy atom. The minimum Gasteiger partial charge on any atom is -0.349 e. The van der Waals surface area contributed by atoms with Crippen LogP contribution in [0.3, 0.4) is 0 Å². The first-order valence-corrected chi connectivity index (χ1v) is 6.98. The number of amides is 1. The van der Waals surface area contributed by atoms with Crippen molar-refractivity contribution in [3.63, 3.8) is 0 Å². The third-order valence-electron chi connectivity index (χ3n) is 4.13. The first-order chi connectivity index (χ1) is 9.24. The van der Waals surface area contributed by atoms with Crippen molar-refractivity contribution in [1.29, 1.82) is 0 Å². The van der Waals surface area contributed by atoms with Crippen LogP contribution in [0.1, 0.15) is 43.0 Å². The monoisotopic (exact) mass is 257 g/mol. The van der Waals surface area contributed by atoms with Gasteiger partial charge in [0.2, 0.25) is 0 Å². The largest absolute Gasteiger partial charge is 0.349 e. The fourth-order valence-electron chi connectivity index (χ4n) is 2.87. The number of fused-ring (bicyclic) bond motifs is 1. The molecule has 0 radical (unpaired) electrons. The molecule has 4 heteroatoms. The van der Waals surface area contributed by atoms with E-state index in [2.05, 4.69) is 22.4 Å². The molecule has 1 amide bonds. The zero-order valence-electron chi connectivity index (χ0n) is 11.1. The molecule has 0 saturated heterocycles. The van der Waals surface area contributed by atoms with E-state index in [0.29, 0.717) is 17.5 Å². The molecule has 2 N–H and O–H groups in total. The zero-order chi connectivity index (χ0) is 13.2. The number of hydrogen-bond acceptors (Lipinski definition) is 2. The molecule has 1 saturated carbocycles. The molecule has 2 aromatic rings. The van der Waals surface area contributed by atoms with Crippen molar-refractivity contribution in [2.24, 2.45) is 5.92 Å². The molecule has 1 heterocycles. The number of nitrogens with one attached hydrogen (secondary N) is 2. The van der Waals surface area contributed by atoms with Gasteiger partial charge in [-0.05, 0) is 37.0 Å². The van der Waals surface area contributed by atoms with Crippen molar-refractivity contribution in [1.82, 2.24) is 15.5 Å². The Bertz CT molecular complexity index is 590. The summed E-state index contributed by atoms with van der Waals surface area (Å²) >= 11 is 0. The summed E-state index contributed by atoms with van der Waals surface area (Å²) in [5, 5.41) is 11.0. The summed E-state index contributed by atoms with van der Waals surface area (Å²) in [4.78, 5) is 12.3. The lowest BCUT2D eigenvalue weighted by Crippen LogP contribution is -2.41. The van der Waals surface area contributed by atoms with E-state index >= 15 is 0 Å². The number of aromatic nitrogens is 2. The Morgan fingerprint density at radius 2 is 2.21 bits per heavy atom. The molecule has 1 aliphatic rings. The molecule has 4 nitrogen and oxygen atoms in total. The lowest BCUT2D eigenvalue weighted by atomic mass is 9.86. The van der Waals surface area contributed by atoms with Crippen molar-refractivity contribution in [3.05, 3.63) is 30.0 Å². The second kappa shape index (κ2) is 5.03. The normalized spacial score (nSPS) is 23.4. The van der Waals surface area contributed by atoms with Crippen LogP contribution in [0.25, 0.3) is 10.9 Å². The van der Waals surface area contributed by atoms with E-state index in [9.17, 15) is 4.79 Å². The number of aromatic amines is 1. The van der Waals surface area contributed by atoms with Gasteiger partial charge in [-0.1, -0.05) is 19.8 Å². The average molecular weight is 257 g/mol. The number of rotatable bonds is 2. The van der Waals surface area contributed by atoms with Gasteiger partial charge in [0.05, 0.1) is 11.7 Å². The lowest BCUT2D eigenvalue weighted by molar-refractivity contribution is 0.0910. The highest BCUT2D eigenvalue weighted by Gasteiger charge is 2.23. The minimum atomic E-state index is 0.0295. The minimum absolute atomic E-state index is 0.0295. The predicted octanol–water partition coefficient (Wildman–Crippen LogP) is 2.87. The molecule has 1 aliphatic carbocycles. The number of carbonyl (C=O) groups is 1. The Hall–Kier alpha value is -1.84. The van der Waals surface area contributed by atoms with E-state index in [1.807, 2.05) is 18.2 Å². The maximum absolute atomic E-state index is 12.3. The summed E-state index contributed by atoms with van der Waals surface area (Å²) in [7, 11) is 0. The van der Waals surface area contributed by atoms with E-state index < -0.39 is 0 Å². The molecule has 0 unspecified atom stereocenters. The van der Waals surface area contributed by atoms with Gasteiger partial charge in [0.25, 0.3) is 5.91 Å². The maximum Gasteiger partial charge on any atom is 0.251 e. The van der Waals surface area contributed by atoms with Gasteiger partial charge in [-0.15, -0.1) is 0 Å². The molecule has 1 aromatic heterocycles. The Labute approximate surface area is 112 Å². The van der Waals surface area contributed by atoms with Gasteiger partial charge in [-0.2, -0.15) is 5.10 Å². The molecule has 0 bridgehead atoms. The van der Waals surface area contributed by atoms with Crippen LogP contribution in [0.4, 0.5) is 0 Å². The predicted molar refractivity (Wildman–Crippen MR) is 75.0 cm³/mol. The Balaban J connectivity index is 1.75. The van der Waals surface area contributed by atoms with Crippen LogP contribution in [-0.4, -0.2) is 22.1 Å². The van der Waals surface area contributed by atoms with E-state index in [1.54, 1.807) is 6.20 Å². The van der Waals surface area contributed by atoms with Gasteiger partial charge in [-0.25, -0.2) is 0 Å². The molecular formula is C15H19N3O. The smallest absolute Gasteiger partial charge is 0.251 e. The molecule has 1 aromatic carbocycles. The van der Waals surface area contributed by atoms with E-state index in [4.69, 9.17) is 0 Å². The van der Waals surface area contributed by atoms with Crippen LogP contribution < -0.4 is 5.32 Å². The number of nitrogens with zero attached hydrogens (tertiary/aromatic N) is 1. The van der Waals surface area contributed by atoms with Crippen LogP contribution in [-0.2, 0) is 0 Å². The van der Waals surface area contributed by atoms with E-state index in [1.165, 1.54) is 19.3 Å². The third-order valence-corrected chi connectivity index (χ3v) is 4.13. The second-order valence-electron chi connectivity index (χ2n) is 5.51. The number of benzene rings is 1. The third kappa shape index (κ3) is 2.48. The van der Waals surface area contributed by atoms with Crippen LogP contribution in [0.15, 0.2) is 24.4 Å². The summed E-state index contributed by atoms with van der Waals surface area (Å²) in [6, 6.07) is 5.97. The standard InChI is InChI=1S/C15H19N3O/c1-10-4-2-3-5-13(10)17-15(19)11-6-7-14-12(8-11)9-16-18-14/h6-10,13H,2-5H2,1H3,(H,16,18)(H,17,19)/t10-,13-/m1/s1. The van der Waals surface area contributed by atoms with Crippen LogP contribution in [0.5, 0.6) is 0 Å². The van der Waals surface area contributed by atoms with Gasteiger partial charge in [-0.3, -0.25) is 9.89 Å². The second-order valence-corrected chi connectivity index (χ2v) is 5.51. The van der Waals surface area contributed by atoms with Crippen molar-refractivity contribution < 1.29 is 4.79 Å². The van der Waals surface area contributed by atoms with E-state index in [-0.39, 0.29) is 5.91 Å². The highest BCUT2D eigenvalue weighted by molar-refractivity contribution is 5.98. The fourth-order valence-corrected chi connectivity index (χ4v) is 2.87. The summed E-state index contributed by atoms with van der Waals surface area (Å²) in [5.74, 6) is 0.609. The number of hydrogen-bond donors (Lipinski definition) is 2. The van der Waals surface area contributed by atoms with Gasteiger partial charge < -0.3 is 5.32 Å². The maximum atomic E-state index is 12.3. The molecule has 100 valence electrons. The number of H-pyrrole nitrogens is 1. The van der Waals surface area contributed by atoms with Gasteiger partial charge in [0.1, 0.15) is 0 Å². The zero-order valence-corrected chi connectivity index (χ0v) is 11.1. The first-order valence-electron chi connectivity index (χ1n) is 6.98. The first kappa shape index (κ1) is 12.2. The topological polar surface area (TPSA) is 57.8 Å². The lowest BCUT2D eigenvalue weighted by Gasteiger charge is -2.29. The Kier molecular flexibility index (Phi) is 3.23. The molecule has 0 spiro atoms. The fraction of sp³-hybridized carbons (Fsp3) is 0.467. The highest BCUT2D eigenvalue weighted by atomic mass is 16.1. The van der Waals surface area contributed by atoms with Crippen molar-refractivity contribution >= 4 is 16.8 Å². The summed E-state index contributed by atoms with van der Waals surface area (Å²) in [6.45, 7) is 2.23. The molecule has 2 atom stereocenters.